The van der Waals surface area contributed by atoms with Gasteiger partial charge in [0, 0.05) is 18.7 Å². The van der Waals surface area contributed by atoms with E-state index in [9.17, 15) is 9.18 Å². The summed E-state index contributed by atoms with van der Waals surface area (Å²) in [5.74, 6) is 0.710. The number of benzene rings is 2. The number of aromatic amines is 1. The largest absolute Gasteiger partial charge is 0.424 e. The zero-order valence-electron chi connectivity index (χ0n) is 17.6. The van der Waals surface area contributed by atoms with Gasteiger partial charge in [-0.05, 0) is 42.3 Å². The molecule has 0 aliphatic rings. The number of nitrogens with one attached hydrogen (secondary N) is 2. The number of hydrogen-bond acceptors (Lipinski definition) is 6. The Bertz CT molecular complexity index is 1240. The van der Waals surface area contributed by atoms with Gasteiger partial charge in [-0.2, -0.15) is 9.97 Å². The first-order valence-corrected chi connectivity index (χ1v) is 10.4. The van der Waals surface area contributed by atoms with Crippen molar-refractivity contribution >= 4 is 16.9 Å². The molecule has 32 heavy (non-hydrogen) atoms. The van der Waals surface area contributed by atoms with E-state index < -0.39 is 0 Å². The van der Waals surface area contributed by atoms with E-state index >= 15 is 0 Å². The van der Waals surface area contributed by atoms with Crippen LogP contribution >= 0.6 is 0 Å². The minimum Gasteiger partial charge on any atom is -0.424 e. The van der Waals surface area contributed by atoms with Crippen LogP contribution in [-0.4, -0.2) is 34.7 Å². The number of pyridine rings is 1. The summed E-state index contributed by atoms with van der Waals surface area (Å²) in [5, 5.41) is 3.85. The first-order chi connectivity index (χ1) is 15.6. The molecule has 0 atom stereocenters. The lowest BCUT2D eigenvalue weighted by Gasteiger charge is -2.12. The van der Waals surface area contributed by atoms with Crippen LogP contribution in [0, 0.1) is 5.82 Å². The Balaban J connectivity index is 1.73. The van der Waals surface area contributed by atoms with Crippen molar-refractivity contribution < 1.29 is 13.9 Å². The van der Waals surface area contributed by atoms with Gasteiger partial charge in [-0.25, -0.2) is 4.39 Å². The summed E-state index contributed by atoms with van der Waals surface area (Å²) in [6.45, 7) is 3.74. The second kappa shape index (κ2) is 10.0. The molecule has 0 aliphatic heterocycles. The summed E-state index contributed by atoms with van der Waals surface area (Å²) in [5.41, 5.74) is 0.976. The smallest absolute Gasteiger partial charge is 0.325 e. The molecule has 0 saturated carbocycles. The molecule has 2 heterocycles. The summed E-state index contributed by atoms with van der Waals surface area (Å²) < 4.78 is 24.6. The maximum absolute atomic E-state index is 13.3. The van der Waals surface area contributed by atoms with Gasteiger partial charge in [0.25, 0.3) is 5.56 Å². The maximum Gasteiger partial charge on any atom is 0.325 e. The average Bonchev–Trinajstić information content (AvgIpc) is 2.80. The summed E-state index contributed by atoms with van der Waals surface area (Å²) in [6.07, 6.45) is 0.938. The molecule has 0 bridgehead atoms. The zero-order valence-corrected chi connectivity index (χ0v) is 17.6. The van der Waals surface area contributed by atoms with Crippen molar-refractivity contribution in [1.29, 1.82) is 0 Å². The number of aromatic nitrogens is 3. The van der Waals surface area contributed by atoms with E-state index in [1.165, 1.54) is 12.1 Å². The number of rotatable bonds is 9. The van der Waals surface area contributed by atoms with Gasteiger partial charge >= 0.3 is 6.01 Å². The van der Waals surface area contributed by atoms with Gasteiger partial charge < -0.3 is 19.8 Å². The first kappa shape index (κ1) is 21.5. The quantitative estimate of drug-likeness (QED) is 0.370. The Kier molecular flexibility index (Phi) is 6.72. The predicted octanol–water partition coefficient (Wildman–Crippen LogP) is 4.76. The van der Waals surface area contributed by atoms with Crippen LogP contribution in [0.3, 0.4) is 0 Å². The molecule has 4 aromatic rings. The van der Waals surface area contributed by atoms with E-state index in [4.69, 9.17) is 9.47 Å². The third-order valence-electron chi connectivity index (χ3n) is 4.69. The van der Waals surface area contributed by atoms with Crippen molar-refractivity contribution in [3.05, 3.63) is 76.8 Å². The normalized spacial score (nSPS) is 10.9. The number of ether oxygens (including phenoxy) is 2. The van der Waals surface area contributed by atoms with E-state index in [0.717, 1.165) is 6.42 Å². The van der Waals surface area contributed by atoms with Crippen LogP contribution in [-0.2, 0) is 4.74 Å². The van der Waals surface area contributed by atoms with Gasteiger partial charge in [0.15, 0.2) is 0 Å². The van der Waals surface area contributed by atoms with Crippen LogP contribution < -0.4 is 15.6 Å². The maximum atomic E-state index is 13.3. The minimum absolute atomic E-state index is 0.103. The predicted molar refractivity (Wildman–Crippen MR) is 122 cm³/mol. The van der Waals surface area contributed by atoms with Gasteiger partial charge in [-0.3, -0.25) is 4.79 Å². The van der Waals surface area contributed by atoms with Gasteiger partial charge in [0.05, 0.1) is 12.0 Å². The summed E-state index contributed by atoms with van der Waals surface area (Å²) in [4.78, 5) is 24.4. The topological polar surface area (TPSA) is 89.1 Å². The SMILES string of the molecule is CCCOCCNc1nc(Oc2ccccc2)nc2[nH]c(=O)c(-c3ccc(F)cc3)cc12. The molecule has 0 saturated heterocycles. The first-order valence-electron chi connectivity index (χ1n) is 10.4. The molecule has 2 N–H and O–H groups in total. The highest BCUT2D eigenvalue weighted by atomic mass is 19.1. The van der Waals surface area contributed by atoms with E-state index in [1.54, 1.807) is 30.3 Å². The Labute approximate surface area is 184 Å². The Morgan fingerprint density at radius 2 is 1.81 bits per heavy atom. The van der Waals surface area contributed by atoms with Crippen molar-refractivity contribution in [1.82, 2.24) is 15.0 Å². The lowest BCUT2D eigenvalue weighted by molar-refractivity contribution is 0.144. The van der Waals surface area contributed by atoms with Crippen LogP contribution in [0.15, 0.2) is 65.5 Å². The van der Waals surface area contributed by atoms with Crippen LogP contribution in [0.4, 0.5) is 10.2 Å². The summed E-state index contributed by atoms with van der Waals surface area (Å²) in [6, 6.07) is 16.7. The highest BCUT2D eigenvalue weighted by molar-refractivity contribution is 5.90. The monoisotopic (exact) mass is 434 g/mol. The van der Waals surface area contributed by atoms with E-state index in [0.29, 0.717) is 53.5 Å². The molecule has 2 aromatic carbocycles. The van der Waals surface area contributed by atoms with Gasteiger partial charge in [-0.1, -0.05) is 37.3 Å². The zero-order chi connectivity index (χ0) is 22.3. The lowest BCUT2D eigenvalue weighted by Crippen LogP contribution is -2.14. The minimum atomic E-state index is -0.369. The second-order valence-electron chi connectivity index (χ2n) is 7.09. The fraction of sp³-hybridized carbons (Fsp3) is 0.208. The molecular formula is C24H23FN4O3. The van der Waals surface area contributed by atoms with Crippen LogP contribution in [0.2, 0.25) is 0 Å². The molecule has 0 radical (unpaired) electrons. The standard InChI is InChI=1S/C24H23FN4O3/c1-2-13-31-14-12-26-21-20-15-19(16-8-10-17(25)11-9-16)23(30)27-22(20)29-24(28-21)32-18-6-4-3-5-7-18/h3-11,15H,2,12-14H2,1H3,(H2,26,27,28,29,30). The molecule has 0 unspecified atom stereocenters. The highest BCUT2D eigenvalue weighted by Gasteiger charge is 2.14. The molecule has 8 heteroatoms. The van der Waals surface area contributed by atoms with E-state index in [2.05, 4.69) is 20.3 Å². The van der Waals surface area contributed by atoms with Crippen molar-refractivity contribution in [3.8, 4) is 22.9 Å². The molecule has 0 fully saturated rings. The number of hydrogen-bond donors (Lipinski definition) is 2. The molecule has 0 spiro atoms. The van der Waals surface area contributed by atoms with Gasteiger partial charge in [-0.15, -0.1) is 0 Å². The number of H-pyrrole nitrogens is 1. The summed E-state index contributed by atoms with van der Waals surface area (Å²) in [7, 11) is 0. The Morgan fingerprint density at radius 1 is 1.03 bits per heavy atom. The van der Waals surface area contributed by atoms with Crippen LogP contribution in [0.5, 0.6) is 11.8 Å². The molecule has 2 aromatic heterocycles. The fourth-order valence-corrected chi connectivity index (χ4v) is 3.17. The Morgan fingerprint density at radius 3 is 2.56 bits per heavy atom. The second-order valence-corrected chi connectivity index (χ2v) is 7.09. The molecule has 4 rings (SSSR count). The molecule has 0 aliphatic carbocycles. The van der Waals surface area contributed by atoms with E-state index in [-0.39, 0.29) is 17.4 Å². The molecule has 164 valence electrons. The highest BCUT2D eigenvalue weighted by Crippen LogP contribution is 2.27. The number of para-hydroxylation sites is 1. The van der Waals surface area contributed by atoms with Gasteiger partial charge in [0.1, 0.15) is 23.0 Å². The van der Waals surface area contributed by atoms with Crippen LogP contribution in [0.25, 0.3) is 22.2 Å². The van der Waals surface area contributed by atoms with Crippen molar-refractivity contribution in [2.45, 2.75) is 13.3 Å². The third kappa shape index (κ3) is 5.09. The van der Waals surface area contributed by atoms with Crippen molar-refractivity contribution in [2.75, 3.05) is 25.1 Å². The Hall–Kier alpha value is -3.78. The van der Waals surface area contributed by atoms with Crippen molar-refractivity contribution in [2.24, 2.45) is 0 Å². The number of fused-ring (bicyclic) bond motifs is 1. The summed E-state index contributed by atoms with van der Waals surface area (Å²) >= 11 is 0. The van der Waals surface area contributed by atoms with Crippen molar-refractivity contribution in [3.63, 3.8) is 0 Å². The molecular weight excluding hydrogens is 411 g/mol. The lowest BCUT2D eigenvalue weighted by atomic mass is 10.1. The number of nitrogens with zero attached hydrogens (tertiary/aromatic N) is 2. The third-order valence-corrected chi connectivity index (χ3v) is 4.69. The molecule has 7 nitrogen and oxygen atoms in total. The molecule has 0 amide bonds. The number of halogens is 1. The number of anilines is 1. The fourth-order valence-electron chi connectivity index (χ4n) is 3.17. The van der Waals surface area contributed by atoms with Gasteiger partial charge in [0.2, 0.25) is 0 Å². The van der Waals surface area contributed by atoms with Crippen LogP contribution in [0.1, 0.15) is 13.3 Å². The average molecular weight is 434 g/mol. The van der Waals surface area contributed by atoms with E-state index in [1.807, 2.05) is 25.1 Å².